The van der Waals surface area contributed by atoms with E-state index in [1.54, 1.807) is 0 Å². The van der Waals surface area contributed by atoms with Gasteiger partial charge >= 0.3 is 0 Å². The van der Waals surface area contributed by atoms with Gasteiger partial charge in [-0.05, 0) is 57.2 Å². The summed E-state index contributed by atoms with van der Waals surface area (Å²) in [6, 6.07) is 0.456. The maximum Gasteiger partial charge on any atom is 0.222 e. The second-order valence-corrected chi connectivity index (χ2v) is 6.61. The quantitative estimate of drug-likeness (QED) is 0.833. The summed E-state index contributed by atoms with van der Waals surface area (Å²) in [5.41, 5.74) is 0.569. The lowest BCUT2D eigenvalue weighted by Gasteiger charge is -2.52. The van der Waals surface area contributed by atoms with Crippen LogP contribution in [0.2, 0.25) is 0 Å². The maximum atomic E-state index is 11.6. The van der Waals surface area contributed by atoms with Crippen molar-refractivity contribution in [1.29, 1.82) is 0 Å². The molecule has 2 rings (SSSR count). The second kappa shape index (κ2) is 5.60. The Kier molecular flexibility index (Phi) is 4.31. The summed E-state index contributed by atoms with van der Waals surface area (Å²) in [6.07, 6.45) is 6.36. The lowest BCUT2D eigenvalue weighted by molar-refractivity contribution is -0.126. The molecule has 2 fully saturated rings. The Bertz CT molecular complexity index is 285. The number of nitrogens with one attached hydrogen (secondary N) is 1. The fourth-order valence-corrected chi connectivity index (χ4v) is 3.43. The van der Waals surface area contributed by atoms with Crippen LogP contribution in [0, 0.1) is 11.3 Å². The Morgan fingerprint density at radius 2 is 1.94 bits per heavy atom. The maximum absolute atomic E-state index is 11.6. The van der Waals surface area contributed by atoms with Crippen molar-refractivity contribution < 1.29 is 4.79 Å². The van der Waals surface area contributed by atoms with E-state index in [-0.39, 0.29) is 11.8 Å². The molecule has 1 spiro atoms. The zero-order valence-electron chi connectivity index (χ0n) is 12.2. The van der Waals surface area contributed by atoms with Crippen LogP contribution in [0.25, 0.3) is 0 Å². The fraction of sp³-hybridized carbons (Fsp3) is 0.933. The van der Waals surface area contributed by atoms with Gasteiger partial charge in [0.25, 0.3) is 0 Å². The highest BCUT2D eigenvalue weighted by molar-refractivity contribution is 5.78. The minimum atomic E-state index is 0.118. The van der Waals surface area contributed by atoms with Crippen molar-refractivity contribution >= 4 is 5.91 Å². The summed E-state index contributed by atoms with van der Waals surface area (Å²) in [7, 11) is 0. The van der Waals surface area contributed by atoms with Gasteiger partial charge in [0.1, 0.15) is 0 Å². The van der Waals surface area contributed by atoms with Gasteiger partial charge in [0, 0.05) is 12.0 Å². The third-order valence-electron chi connectivity index (χ3n) is 4.69. The summed E-state index contributed by atoms with van der Waals surface area (Å²) in [4.78, 5) is 14.2. The van der Waals surface area contributed by atoms with Crippen molar-refractivity contribution in [2.24, 2.45) is 11.3 Å². The number of hydrogen-bond acceptors (Lipinski definition) is 2. The van der Waals surface area contributed by atoms with Gasteiger partial charge in [0.05, 0.1) is 0 Å². The summed E-state index contributed by atoms with van der Waals surface area (Å²) in [5, 5.41) is 3.17. The van der Waals surface area contributed by atoms with Crippen LogP contribution in [0.15, 0.2) is 0 Å². The highest BCUT2D eigenvalue weighted by atomic mass is 16.1. The van der Waals surface area contributed by atoms with E-state index in [2.05, 4.69) is 17.1 Å². The summed E-state index contributed by atoms with van der Waals surface area (Å²) < 4.78 is 0. The molecule has 0 aromatic carbocycles. The van der Waals surface area contributed by atoms with Gasteiger partial charge in [-0.2, -0.15) is 0 Å². The number of carbonyl (C=O) groups excluding carboxylic acids is 1. The van der Waals surface area contributed by atoms with Gasteiger partial charge in [0.15, 0.2) is 0 Å². The van der Waals surface area contributed by atoms with Crippen LogP contribution in [0.5, 0.6) is 0 Å². The lowest BCUT2D eigenvalue weighted by atomic mass is 9.60. The SMILES string of the molecule is CCCN1CCC2(CC1)CC(NC(=O)C(C)C)C2. The highest BCUT2D eigenvalue weighted by Gasteiger charge is 2.46. The van der Waals surface area contributed by atoms with Crippen LogP contribution >= 0.6 is 0 Å². The van der Waals surface area contributed by atoms with Crippen LogP contribution < -0.4 is 5.32 Å². The first-order chi connectivity index (χ1) is 8.54. The van der Waals surface area contributed by atoms with E-state index in [0.717, 1.165) is 0 Å². The minimum Gasteiger partial charge on any atom is -0.353 e. The number of nitrogens with zero attached hydrogens (tertiary/aromatic N) is 1. The fourth-order valence-electron chi connectivity index (χ4n) is 3.43. The second-order valence-electron chi connectivity index (χ2n) is 6.61. The molecule has 0 bridgehead atoms. The Morgan fingerprint density at radius 3 is 2.44 bits per heavy atom. The minimum absolute atomic E-state index is 0.118. The number of hydrogen-bond donors (Lipinski definition) is 1. The van der Waals surface area contributed by atoms with Crippen molar-refractivity contribution in [2.45, 2.75) is 58.9 Å². The van der Waals surface area contributed by atoms with Gasteiger partial charge in [-0.3, -0.25) is 4.79 Å². The predicted molar refractivity (Wildman–Crippen MR) is 74.4 cm³/mol. The monoisotopic (exact) mass is 252 g/mol. The number of likely N-dealkylation sites (tertiary alicyclic amines) is 1. The molecule has 1 amide bonds. The van der Waals surface area contributed by atoms with Crippen molar-refractivity contribution in [3.8, 4) is 0 Å². The molecule has 0 unspecified atom stereocenters. The van der Waals surface area contributed by atoms with Crippen LogP contribution in [-0.4, -0.2) is 36.5 Å². The van der Waals surface area contributed by atoms with E-state index in [1.807, 2.05) is 13.8 Å². The standard InChI is InChI=1S/C15H28N2O/c1-4-7-17-8-5-15(6-9-17)10-13(11-15)16-14(18)12(2)3/h12-13H,4-11H2,1-3H3,(H,16,18). The molecule has 0 aromatic rings. The Hall–Kier alpha value is -0.570. The Labute approximate surface area is 111 Å². The van der Waals surface area contributed by atoms with Crippen molar-refractivity contribution in [1.82, 2.24) is 10.2 Å². The molecule has 0 atom stereocenters. The van der Waals surface area contributed by atoms with Gasteiger partial charge < -0.3 is 10.2 Å². The van der Waals surface area contributed by atoms with E-state index in [9.17, 15) is 4.79 Å². The van der Waals surface area contributed by atoms with Gasteiger partial charge in [-0.1, -0.05) is 20.8 Å². The average Bonchev–Trinajstić information content (AvgIpc) is 2.29. The van der Waals surface area contributed by atoms with E-state index in [0.29, 0.717) is 11.5 Å². The molecular formula is C15H28N2O. The molecule has 3 nitrogen and oxygen atoms in total. The van der Waals surface area contributed by atoms with Crippen molar-refractivity contribution in [3.63, 3.8) is 0 Å². The number of rotatable bonds is 4. The summed E-state index contributed by atoms with van der Waals surface area (Å²) in [5.74, 6) is 0.339. The first-order valence-electron chi connectivity index (χ1n) is 7.57. The normalized spacial score (nSPS) is 24.2. The molecule has 1 aliphatic heterocycles. The molecule has 104 valence electrons. The van der Waals surface area contributed by atoms with E-state index in [1.165, 1.54) is 51.7 Å². The van der Waals surface area contributed by atoms with Crippen LogP contribution in [0.4, 0.5) is 0 Å². The zero-order chi connectivity index (χ0) is 13.2. The first kappa shape index (κ1) is 13.9. The molecule has 1 N–H and O–H groups in total. The molecule has 1 aliphatic carbocycles. The Morgan fingerprint density at radius 1 is 1.33 bits per heavy atom. The van der Waals surface area contributed by atoms with Gasteiger partial charge in [0.2, 0.25) is 5.91 Å². The predicted octanol–water partition coefficient (Wildman–Crippen LogP) is 2.41. The molecule has 2 aliphatic rings. The number of piperidine rings is 1. The topological polar surface area (TPSA) is 32.3 Å². The number of amides is 1. The van der Waals surface area contributed by atoms with Crippen molar-refractivity contribution in [2.75, 3.05) is 19.6 Å². The lowest BCUT2D eigenvalue weighted by Crippen LogP contribution is -2.55. The third kappa shape index (κ3) is 3.05. The zero-order valence-corrected chi connectivity index (χ0v) is 12.2. The van der Waals surface area contributed by atoms with E-state index >= 15 is 0 Å². The average molecular weight is 252 g/mol. The highest BCUT2D eigenvalue weighted by Crippen LogP contribution is 2.49. The molecule has 1 heterocycles. The van der Waals surface area contributed by atoms with E-state index < -0.39 is 0 Å². The largest absolute Gasteiger partial charge is 0.353 e. The molecule has 3 heteroatoms. The van der Waals surface area contributed by atoms with Gasteiger partial charge in [-0.15, -0.1) is 0 Å². The number of carbonyl (C=O) groups is 1. The van der Waals surface area contributed by atoms with Crippen molar-refractivity contribution in [3.05, 3.63) is 0 Å². The molecule has 0 radical (unpaired) electrons. The molecule has 0 aromatic heterocycles. The third-order valence-corrected chi connectivity index (χ3v) is 4.69. The molecule has 1 saturated carbocycles. The Balaban J connectivity index is 1.71. The molecule has 1 saturated heterocycles. The van der Waals surface area contributed by atoms with Crippen LogP contribution in [-0.2, 0) is 4.79 Å². The smallest absolute Gasteiger partial charge is 0.222 e. The van der Waals surface area contributed by atoms with Crippen LogP contribution in [0.1, 0.15) is 52.9 Å². The summed E-state index contributed by atoms with van der Waals surface area (Å²) >= 11 is 0. The molecule has 18 heavy (non-hydrogen) atoms. The first-order valence-corrected chi connectivity index (χ1v) is 7.57. The van der Waals surface area contributed by atoms with E-state index in [4.69, 9.17) is 0 Å². The van der Waals surface area contributed by atoms with Gasteiger partial charge in [-0.25, -0.2) is 0 Å². The summed E-state index contributed by atoms with van der Waals surface area (Å²) in [6.45, 7) is 9.96. The molecular weight excluding hydrogens is 224 g/mol. The van der Waals surface area contributed by atoms with Crippen LogP contribution in [0.3, 0.4) is 0 Å².